The van der Waals surface area contributed by atoms with Gasteiger partial charge in [0.25, 0.3) is 0 Å². The van der Waals surface area contributed by atoms with Gasteiger partial charge in [-0.15, -0.1) is 0 Å². The third-order valence-electron chi connectivity index (χ3n) is 4.25. The van der Waals surface area contributed by atoms with Crippen LogP contribution in [0.3, 0.4) is 0 Å². The van der Waals surface area contributed by atoms with Gasteiger partial charge in [-0.2, -0.15) is 5.10 Å². The summed E-state index contributed by atoms with van der Waals surface area (Å²) in [4.78, 5) is 12.0. The van der Waals surface area contributed by atoms with Crippen LogP contribution in [0.4, 0.5) is 0 Å². The largest absolute Gasteiger partial charge is 0.478 e. The fourth-order valence-electron chi connectivity index (χ4n) is 3.03. The van der Waals surface area contributed by atoms with Crippen LogP contribution in [0.25, 0.3) is 16.9 Å². The molecule has 0 aliphatic rings. The Bertz CT molecular complexity index is 908. The van der Waals surface area contributed by atoms with Crippen molar-refractivity contribution >= 4 is 5.97 Å². The number of rotatable bonds is 5. The van der Waals surface area contributed by atoms with Crippen LogP contribution in [-0.2, 0) is 6.42 Å². The maximum Gasteiger partial charge on any atom is 0.339 e. The molecule has 0 aliphatic carbocycles. The van der Waals surface area contributed by atoms with Crippen LogP contribution < -0.4 is 0 Å². The second-order valence-electron chi connectivity index (χ2n) is 6.34. The summed E-state index contributed by atoms with van der Waals surface area (Å²) in [5.74, 6) is -0.932. The van der Waals surface area contributed by atoms with Crippen LogP contribution in [0.1, 0.15) is 40.5 Å². The van der Waals surface area contributed by atoms with E-state index in [1.54, 1.807) is 4.68 Å². The number of aromatic carboxylic acids is 1. The molecule has 0 saturated heterocycles. The maximum absolute atomic E-state index is 12.0. The average Bonchev–Trinajstić information content (AvgIpc) is 2.95. The lowest BCUT2D eigenvalue weighted by atomic mass is 10.0. The monoisotopic (exact) mass is 334 g/mol. The first kappa shape index (κ1) is 17.0. The highest BCUT2D eigenvalue weighted by Gasteiger charge is 2.24. The fourth-order valence-corrected chi connectivity index (χ4v) is 3.03. The third kappa shape index (κ3) is 3.33. The number of aryl methyl sites for hydroxylation is 2. The van der Waals surface area contributed by atoms with Crippen LogP contribution in [-0.4, -0.2) is 20.9 Å². The fraction of sp³-hybridized carbons (Fsp3) is 0.238. The standard InChI is InChI=1S/C21H22N2O2/c1-4-6-18-19(21(24)25)20(16-11-9-14(2)10-12-16)22-23(18)17-8-5-7-15(3)13-17/h5,7-13H,4,6H2,1-3H3,(H,24,25). The van der Waals surface area contributed by atoms with Crippen molar-refractivity contribution in [1.82, 2.24) is 9.78 Å². The first-order valence-corrected chi connectivity index (χ1v) is 8.50. The van der Waals surface area contributed by atoms with Crippen LogP contribution in [0, 0.1) is 13.8 Å². The Morgan fingerprint density at radius 1 is 1.08 bits per heavy atom. The van der Waals surface area contributed by atoms with Crippen LogP contribution in [0.5, 0.6) is 0 Å². The average molecular weight is 334 g/mol. The summed E-state index contributed by atoms with van der Waals surface area (Å²) < 4.78 is 1.79. The first-order valence-electron chi connectivity index (χ1n) is 8.50. The zero-order valence-corrected chi connectivity index (χ0v) is 14.8. The predicted octanol–water partition coefficient (Wildman–Crippen LogP) is 4.81. The minimum absolute atomic E-state index is 0.298. The van der Waals surface area contributed by atoms with Crippen LogP contribution in [0.15, 0.2) is 48.5 Å². The van der Waals surface area contributed by atoms with Gasteiger partial charge in [-0.05, 0) is 38.0 Å². The number of benzene rings is 2. The highest BCUT2D eigenvalue weighted by molar-refractivity contribution is 5.96. The topological polar surface area (TPSA) is 55.1 Å². The van der Waals surface area contributed by atoms with Crippen molar-refractivity contribution in [3.8, 4) is 16.9 Å². The molecule has 2 aromatic carbocycles. The van der Waals surface area contributed by atoms with Gasteiger partial charge in [0.15, 0.2) is 0 Å². The van der Waals surface area contributed by atoms with E-state index in [2.05, 4.69) is 0 Å². The van der Waals surface area contributed by atoms with E-state index >= 15 is 0 Å². The molecule has 4 heteroatoms. The summed E-state index contributed by atoms with van der Waals surface area (Å²) in [5.41, 5.74) is 5.54. The molecule has 0 atom stereocenters. The molecule has 1 aromatic heterocycles. The van der Waals surface area contributed by atoms with Crippen molar-refractivity contribution in [3.63, 3.8) is 0 Å². The Morgan fingerprint density at radius 3 is 2.40 bits per heavy atom. The molecule has 0 spiro atoms. The number of carbonyl (C=O) groups is 1. The van der Waals surface area contributed by atoms with Gasteiger partial charge in [0.05, 0.1) is 11.4 Å². The van der Waals surface area contributed by atoms with Crippen molar-refractivity contribution in [3.05, 3.63) is 70.9 Å². The Kier molecular flexibility index (Phi) is 4.70. The number of hydrogen-bond acceptors (Lipinski definition) is 2. The molecule has 0 radical (unpaired) electrons. The van der Waals surface area contributed by atoms with E-state index in [-0.39, 0.29) is 0 Å². The van der Waals surface area contributed by atoms with E-state index in [0.29, 0.717) is 17.7 Å². The van der Waals surface area contributed by atoms with Crippen molar-refractivity contribution in [2.24, 2.45) is 0 Å². The zero-order valence-electron chi connectivity index (χ0n) is 14.8. The zero-order chi connectivity index (χ0) is 18.0. The highest BCUT2D eigenvalue weighted by Crippen LogP contribution is 2.29. The number of nitrogens with zero attached hydrogens (tertiary/aromatic N) is 2. The highest BCUT2D eigenvalue weighted by atomic mass is 16.4. The molecule has 3 aromatic rings. The maximum atomic E-state index is 12.0. The summed E-state index contributed by atoms with van der Waals surface area (Å²) in [6.07, 6.45) is 1.51. The minimum Gasteiger partial charge on any atom is -0.478 e. The molecule has 0 saturated carbocycles. The molecule has 4 nitrogen and oxygen atoms in total. The molecule has 1 N–H and O–H groups in total. The van der Waals surface area contributed by atoms with Gasteiger partial charge in [-0.1, -0.05) is 55.3 Å². The van der Waals surface area contributed by atoms with Gasteiger partial charge in [-0.3, -0.25) is 0 Å². The third-order valence-corrected chi connectivity index (χ3v) is 4.25. The Labute approximate surface area is 147 Å². The quantitative estimate of drug-likeness (QED) is 0.728. The van der Waals surface area contributed by atoms with Crippen molar-refractivity contribution in [2.75, 3.05) is 0 Å². The van der Waals surface area contributed by atoms with E-state index < -0.39 is 5.97 Å². The van der Waals surface area contributed by atoms with Crippen molar-refractivity contribution in [1.29, 1.82) is 0 Å². The molecule has 128 valence electrons. The molecule has 0 unspecified atom stereocenters. The Morgan fingerprint density at radius 2 is 1.80 bits per heavy atom. The van der Waals surface area contributed by atoms with Crippen LogP contribution >= 0.6 is 0 Å². The van der Waals surface area contributed by atoms with Gasteiger partial charge in [0.1, 0.15) is 11.3 Å². The van der Waals surface area contributed by atoms with E-state index in [9.17, 15) is 9.90 Å². The molecular weight excluding hydrogens is 312 g/mol. The molecule has 0 fully saturated rings. The Balaban J connectivity index is 2.26. The summed E-state index contributed by atoms with van der Waals surface area (Å²) in [5, 5.41) is 14.5. The molecule has 0 bridgehead atoms. The van der Waals surface area contributed by atoms with Gasteiger partial charge < -0.3 is 5.11 Å². The lowest BCUT2D eigenvalue weighted by molar-refractivity contribution is 0.0696. The number of carboxylic acid groups (broad SMARTS) is 1. The number of carboxylic acids is 1. The van der Waals surface area contributed by atoms with Crippen LogP contribution in [0.2, 0.25) is 0 Å². The second-order valence-corrected chi connectivity index (χ2v) is 6.34. The number of aromatic nitrogens is 2. The molecule has 0 amide bonds. The van der Waals surface area contributed by atoms with E-state index in [1.807, 2.05) is 69.3 Å². The van der Waals surface area contributed by atoms with Gasteiger partial charge in [0.2, 0.25) is 0 Å². The number of hydrogen-bond donors (Lipinski definition) is 1. The van der Waals surface area contributed by atoms with Gasteiger partial charge in [-0.25, -0.2) is 9.48 Å². The lowest BCUT2D eigenvalue weighted by Crippen LogP contribution is -2.06. The minimum atomic E-state index is -0.932. The first-order chi connectivity index (χ1) is 12.0. The predicted molar refractivity (Wildman–Crippen MR) is 99.4 cm³/mol. The Hall–Kier alpha value is -2.88. The van der Waals surface area contributed by atoms with E-state index in [1.165, 1.54) is 0 Å². The summed E-state index contributed by atoms with van der Waals surface area (Å²) in [7, 11) is 0. The SMILES string of the molecule is CCCc1c(C(=O)O)c(-c2ccc(C)cc2)nn1-c1cccc(C)c1. The molecule has 25 heavy (non-hydrogen) atoms. The van der Waals surface area contributed by atoms with E-state index in [0.717, 1.165) is 34.5 Å². The summed E-state index contributed by atoms with van der Waals surface area (Å²) in [6, 6.07) is 15.8. The molecule has 0 aliphatic heterocycles. The van der Waals surface area contributed by atoms with E-state index in [4.69, 9.17) is 5.10 Å². The molecular formula is C21H22N2O2. The molecule has 3 rings (SSSR count). The van der Waals surface area contributed by atoms with Gasteiger partial charge >= 0.3 is 5.97 Å². The van der Waals surface area contributed by atoms with Crippen molar-refractivity contribution < 1.29 is 9.90 Å². The lowest BCUT2D eigenvalue weighted by Gasteiger charge is -2.08. The second kappa shape index (κ2) is 6.93. The van der Waals surface area contributed by atoms with Crippen molar-refractivity contribution in [2.45, 2.75) is 33.6 Å². The summed E-state index contributed by atoms with van der Waals surface area (Å²) >= 11 is 0. The smallest absolute Gasteiger partial charge is 0.339 e. The van der Waals surface area contributed by atoms with Gasteiger partial charge in [0, 0.05) is 5.56 Å². The normalized spacial score (nSPS) is 10.8. The molecule has 1 heterocycles. The summed E-state index contributed by atoms with van der Waals surface area (Å²) in [6.45, 7) is 6.08.